The van der Waals surface area contributed by atoms with E-state index < -0.39 is 0 Å². The minimum absolute atomic E-state index is 0.0565. The van der Waals surface area contributed by atoms with Crippen molar-refractivity contribution in [2.75, 3.05) is 6.61 Å². The number of Topliss-reactive ketones (excluding diaryl/α,β-unsaturated/α-hetero) is 1. The van der Waals surface area contributed by atoms with Crippen molar-refractivity contribution in [3.63, 3.8) is 0 Å². The van der Waals surface area contributed by atoms with Crippen molar-refractivity contribution in [3.05, 3.63) is 29.3 Å². The summed E-state index contributed by atoms with van der Waals surface area (Å²) in [6.45, 7) is 8.49. The summed E-state index contributed by atoms with van der Waals surface area (Å²) in [6, 6.07) is 5.77. The second-order valence-electron chi connectivity index (χ2n) is 4.11. The fourth-order valence-corrected chi connectivity index (χ4v) is 1.57. The monoisotopic (exact) mass is 220 g/mol. The number of hydrogen-bond acceptors (Lipinski definition) is 2. The number of carbonyl (C=O) groups is 1. The van der Waals surface area contributed by atoms with Crippen LogP contribution in [0.3, 0.4) is 0 Å². The predicted octanol–water partition coefficient (Wildman–Crippen LogP) is 3.62. The number of aryl methyl sites for hydroxylation is 1. The summed E-state index contributed by atoms with van der Waals surface area (Å²) in [4.78, 5) is 12.1. The van der Waals surface area contributed by atoms with Crippen molar-refractivity contribution in [1.29, 1.82) is 0 Å². The molecule has 0 radical (unpaired) electrons. The van der Waals surface area contributed by atoms with Gasteiger partial charge in [0.1, 0.15) is 5.75 Å². The minimum atomic E-state index is 0.0565. The maximum atomic E-state index is 12.1. The van der Waals surface area contributed by atoms with Crippen LogP contribution in [0, 0.1) is 12.8 Å². The van der Waals surface area contributed by atoms with Crippen molar-refractivity contribution in [2.45, 2.75) is 34.1 Å². The Morgan fingerprint density at radius 1 is 1.38 bits per heavy atom. The normalized spacial score (nSPS) is 12.2. The van der Waals surface area contributed by atoms with Gasteiger partial charge in [-0.3, -0.25) is 4.79 Å². The molecule has 2 heteroatoms. The first-order valence-electron chi connectivity index (χ1n) is 5.87. The van der Waals surface area contributed by atoms with E-state index in [-0.39, 0.29) is 11.7 Å². The molecule has 0 aromatic heterocycles. The number of rotatable bonds is 5. The zero-order valence-corrected chi connectivity index (χ0v) is 10.5. The predicted molar refractivity (Wildman–Crippen MR) is 66.1 cm³/mol. The third-order valence-electron chi connectivity index (χ3n) is 2.76. The van der Waals surface area contributed by atoms with E-state index >= 15 is 0 Å². The molecule has 88 valence electrons. The van der Waals surface area contributed by atoms with Gasteiger partial charge in [0, 0.05) is 5.92 Å². The smallest absolute Gasteiger partial charge is 0.169 e. The highest BCUT2D eigenvalue weighted by atomic mass is 16.5. The fourth-order valence-electron chi connectivity index (χ4n) is 1.57. The van der Waals surface area contributed by atoms with Gasteiger partial charge >= 0.3 is 0 Å². The quantitative estimate of drug-likeness (QED) is 0.708. The maximum absolute atomic E-state index is 12.1. The van der Waals surface area contributed by atoms with Crippen LogP contribution in [0.1, 0.15) is 43.1 Å². The first-order chi connectivity index (χ1) is 7.60. The number of ether oxygens (including phenoxy) is 1. The van der Waals surface area contributed by atoms with E-state index in [0.29, 0.717) is 12.4 Å². The van der Waals surface area contributed by atoms with Gasteiger partial charge in [-0.2, -0.15) is 0 Å². The number of carbonyl (C=O) groups excluding carboxylic acids is 1. The molecule has 0 fully saturated rings. The van der Waals surface area contributed by atoms with E-state index in [1.54, 1.807) is 0 Å². The van der Waals surface area contributed by atoms with Gasteiger partial charge in [0.05, 0.1) is 12.2 Å². The summed E-state index contributed by atoms with van der Waals surface area (Å²) in [6.07, 6.45) is 0.859. The molecule has 1 aromatic rings. The molecule has 0 aliphatic heterocycles. The molecule has 0 saturated carbocycles. The fraction of sp³-hybridized carbons (Fsp3) is 0.500. The van der Waals surface area contributed by atoms with E-state index in [4.69, 9.17) is 4.74 Å². The molecule has 1 aromatic carbocycles. The third kappa shape index (κ3) is 2.84. The summed E-state index contributed by atoms with van der Waals surface area (Å²) in [5.74, 6) is 0.939. The van der Waals surface area contributed by atoms with Crippen LogP contribution in [-0.4, -0.2) is 12.4 Å². The molecule has 16 heavy (non-hydrogen) atoms. The van der Waals surface area contributed by atoms with Gasteiger partial charge < -0.3 is 4.74 Å². The van der Waals surface area contributed by atoms with Crippen molar-refractivity contribution < 1.29 is 9.53 Å². The van der Waals surface area contributed by atoms with Gasteiger partial charge in [-0.15, -0.1) is 0 Å². The number of benzene rings is 1. The third-order valence-corrected chi connectivity index (χ3v) is 2.76. The summed E-state index contributed by atoms with van der Waals surface area (Å²) in [5, 5.41) is 0. The van der Waals surface area contributed by atoms with Crippen LogP contribution in [0.25, 0.3) is 0 Å². The largest absolute Gasteiger partial charge is 0.493 e. The summed E-state index contributed by atoms with van der Waals surface area (Å²) in [7, 11) is 0. The molecule has 1 atom stereocenters. The Kier molecular flexibility index (Phi) is 4.53. The Labute approximate surface area is 97.6 Å². The van der Waals surface area contributed by atoms with E-state index in [1.165, 1.54) is 0 Å². The maximum Gasteiger partial charge on any atom is 0.169 e. The van der Waals surface area contributed by atoms with E-state index in [1.807, 2.05) is 45.9 Å². The second-order valence-corrected chi connectivity index (χ2v) is 4.11. The first-order valence-corrected chi connectivity index (χ1v) is 5.87. The highest BCUT2D eigenvalue weighted by molar-refractivity contribution is 6.00. The van der Waals surface area contributed by atoms with Crippen LogP contribution >= 0.6 is 0 Å². The van der Waals surface area contributed by atoms with Crippen LogP contribution in [0.5, 0.6) is 5.75 Å². The van der Waals surface area contributed by atoms with E-state index in [2.05, 4.69) is 0 Å². The summed E-state index contributed by atoms with van der Waals surface area (Å²) < 4.78 is 5.49. The first kappa shape index (κ1) is 12.8. The van der Waals surface area contributed by atoms with Gasteiger partial charge in [-0.25, -0.2) is 0 Å². The molecule has 0 saturated heterocycles. The molecule has 0 aliphatic rings. The summed E-state index contributed by atoms with van der Waals surface area (Å²) in [5.41, 5.74) is 1.81. The Morgan fingerprint density at radius 2 is 2.06 bits per heavy atom. The van der Waals surface area contributed by atoms with Crippen molar-refractivity contribution in [2.24, 2.45) is 5.92 Å². The number of hydrogen-bond donors (Lipinski definition) is 0. The molecule has 0 spiro atoms. The lowest BCUT2D eigenvalue weighted by molar-refractivity contribution is 0.0923. The lowest BCUT2D eigenvalue weighted by atomic mass is 9.95. The number of ketones is 1. The van der Waals surface area contributed by atoms with Gasteiger partial charge in [-0.1, -0.05) is 25.5 Å². The van der Waals surface area contributed by atoms with Gasteiger partial charge in [-0.05, 0) is 32.4 Å². The van der Waals surface area contributed by atoms with Crippen LogP contribution in [0.15, 0.2) is 18.2 Å². The van der Waals surface area contributed by atoms with Crippen molar-refractivity contribution in [3.8, 4) is 5.75 Å². The van der Waals surface area contributed by atoms with Crippen molar-refractivity contribution in [1.82, 2.24) is 0 Å². The molecule has 1 rings (SSSR count). The highest BCUT2D eigenvalue weighted by Gasteiger charge is 2.17. The molecule has 0 amide bonds. The minimum Gasteiger partial charge on any atom is -0.493 e. The van der Waals surface area contributed by atoms with Gasteiger partial charge in [0.15, 0.2) is 5.78 Å². The highest BCUT2D eigenvalue weighted by Crippen LogP contribution is 2.24. The van der Waals surface area contributed by atoms with Gasteiger partial charge in [0.2, 0.25) is 0 Å². The molecular formula is C14H20O2. The molecule has 1 unspecified atom stereocenters. The van der Waals surface area contributed by atoms with Crippen LogP contribution < -0.4 is 4.74 Å². The molecule has 2 nitrogen and oxygen atoms in total. The van der Waals surface area contributed by atoms with Crippen LogP contribution in [0.4, 0.5) is 0 Å². The van der Waals surface area contributed by atoms with E-state index in [9.17, 15) is 4.79 Å². The topological polar surface area (TPSA) is 26.3 Å². The molecule has 0 heterocycles. The second kappa shape index (κ2) is 5.69. The van der Waals surface area contributed by atoms with Crippen LogP contribution in [0.2, 0.25) is 0 Å². The van der Waals surface area contributed by atoms with Crippen molar-refractivity contribution >= 4 is 5.78 Å². The lowest BCUT2D eigenvalue weighted by Gasteiger charge is -2.13. The Balaban J connectivity index is 3.08. The average molecular weight is 220 g/mol. The standard InChI is InChI=1S/C14H20O2/c1-5-11(4)14(15)12-9-10(3)7-8-13(12)16-6-2/h7-9,11H,5-6H2,1-4H3. The Morgan fingerprint density at radius 3 is 2.62 bits per heavy atom. The zero-order valence-electron chi connectivity index (χ0n) is 10.5. The molecule has 0 aliphatic carbocycles. The summed E-state index contributed by atoms with van der Waals surface area (Å²) >= 11 is 0. The molecule has 0 N–H and O–H groups in total. The average Bonchev–Trinajstić information content (AvgIpc) is 2.29. The van der Waals surface area contributed by atoms with Crippen LogP contribution in [-0.2, 0) is 0 Å². The Hall–Kier alpha value is -1.31. The lowest BCUT2D eigenvalue weighted by Crippen LogP contribution is -2.12. The zero-order chi connectivity index (χ0) is 12.1. The van der Waals surface area contributed by atoms with Gasteiger partial charge in [0.25, 0.3) is 0 Å². The molecular weight excluding hydrogens is 200 g/mol. The SMILES string of the molecule is CCOc1ccc(C)cc1C(=O)C(C)CC. The van der Waals surface area contributed by atoms with E-state index in [0.717, 1.165) is 17.5 Å². The molecule has 0 bridgehead atoms. The Bertz CT molecular complexity index is 369.